The van der Waals surface area contributed by atoms with Gasteiger partial charge < -0.3 is 68.5 Å². The van der Waals surface area contributed by atoms with Crippen LogP contribution in [0, 0.1) is 0 Å². The number of H-pyrrole nitrogens is 2. The molecular weight excluding hydrogens is 745 g/mol. The first-order valence-electron chi connectivity index (χ1n) is 9.69. The van der Waals surface area contributed by atoms with Gasteiger partial charge in [-0.2, -0.15) is 0 Å². The number of aromatic amines is 2. The Balaban J connectivity index is 0.000000249. The summed E-state index contributed by atoms with van der Waals surface area (Å²) in [6.07, 6.45) is 9.31. The van der Waals surface area contributed by atoms with Crippen molar-refractivity contribution in [3.63, 3.8) is 0 Å². The molecule has 0 atom stereocenters. The fraction of sp³-hybridized carbons (Fsp3) is 0. The average molecular weight is 759 g/mol. The van der Waals surface area contributed by atoms with Crippen LogP contribution < -0.4 is 20.0 Å². The fourth-order valence-electron chi connectivity index (χ4n) is 2.63. The first-order valence-corrected chi connectivity index (χ1v) is 14.7. The first-order chi connectivity index (χ1) is 18.6. The summed E-state index contributed by atoms with van der Waals surface area (Å²) in [5.74, 6) is 1.31. The molecule has 0 saturated heterocycles. The Morgan fingerprint density at radius 2 is 1.13 bits per heavy atom. The molecule has 0 aliphatic carbocycles. The van der Waals surface area contributed by atoms with Gasteiger partial charge in [-0.1, -0.05) is 24.4 Å². The zero-order chi connectivity index (χ0) is 28.9. The molecule has 2 N–H and O–H groups in total. The topological polar surface area (TPSA) is 131 Å². The van der Waals surface area contributed by atoms with E-state index in [0.29, 0.717) is 11.6 Å². The van der Waals surface area contributed by atoms with Crippen molar-refractivity contribution in [2.75, 3.05) is 20.0 Å². The van der Waals surface area contributed by atoms with E-state index in [4.69, 9.17) is 89.8 Å². The van der Waals surface area contributed by atoms with Crippen LogP contribution in [0.4, 0.5) is 23.7 Å². The molecule has 12 nitrogen and oxygen atoms in total. The summed E-state index contributed by atoms with van der Waals surface area (Å²) in [4.78, 5) is 14.0. The summed E-state index contributed by atoms with van der Waals surface area (Å²) < 4.78 is 28.1. The molecule has 21 heteroatoms. The van der Waals surface area contributed by atoms with Gasteiger partial charge >= 0.3 is 37.3 Å². The van der Waals surface area contributed by atoms with Crippen molar-refractivity contribution in [1.29, 1.82) is 0 Å². The number of aromatic nitrogens is 4. The van der Waals surface area contributed by atoms with Crippen molar-refractivity contribution in [1.82, 2.24) is 19.9 Å². The molecule has 4 heterocycles. The predicted octanol–water partition coefficient (Wildman–Crippen LogP) is 4.31. The Morgan fingerprint density at radius 3 is 1.33 bits per heavy atom. The number of hydrazine groups is 2. The Bertz CT molecular complexity index is 1180. The number of nitrogens with one attached hydrogen (secondary N) is 2. The number of nitrogens with zero attached hydrogens (tertiary/aromatic N) is 6. The second-order valence-electron chi connectivity index (χ2n) is 6.15. The fourth-order valence-corrected chi connectivity index (χ4v) is 4.02. The molecule has 0 aromatic carbocycles. The molecule has 204 valence electrons. The Hall–Kier alpha value is -2.03. The van der Waals surface area contributed by atoms with Crippen molar-refractivity contribution in [3.8, 4) is 0 Å². The van der Waals surface area contributed by atoms with Gasteiger partial charge in [-0.05, 0) is 32.9 Å². The standard InChI is InChI=1S/2C9H8N4OS4.Mo.2O/c2*15-8(16)12(6-2-1-3-10-6)13(9(17)18)7-11-4-5-14-7;;;/h2*1-5,10H,(H,15,16)(H,17,18);;;/q;;+2;;/p-2. The molecule has 0 bridgehead atoms. The van der Waals surface area contributed by atoms with Crippen LogP contribution in [-0.4, -0.2) is 37.2 Å². The van der Waals surface area contributed by atoms with Gasteiger partial charge in [0, 0.05) is 12.4 Å². The van der Waals surface area contributed by atoms with E-state index in [-0.39, 0.29) is 29.3 Å². The number of oxazole rings is 2. The third-order valence-electron chi connectivity index (χ3n) is 3.93. The van der Waals surface area contributed by atoms with Gasteiger partial charge in [0.2, 0.25) is 0 Å². The van der Waals surface area contributed by atoms with Crippen molar-refractivity contribution in [3.05, 3.63) is 61.6 Å². The van der Waals surface area contributed by atoms with Gasteiger partial charge in [-0.15, -0.1) is 25.3 Å². The number of hydrogen-bond donors (Lipinski definition) is 4. The van der Waals surface area contributed by atoms with Crippen LogP contribution in [-0.2, 0) is 50.5 Å². The molecule has 4 rings (SSSR count). The van der Waals surface area contributed by atoms with Crippen LogP contribution in [0.2, 0.25) is 0 Å². The average Bonchev–Trinajstić information content (AvgIpc) is 3.70. The number of hydrogen-bond acceptors (Lipinski definition) is 12. The van der Waals surface area contributed by atoms with E-state index >= 15 is 0 Å². The van der Waals surface area contributed by atoms with Gasteiger partial charge in [-0.3, -0.25) is 0 Å². The van der Waals surface area contributed by atoms with Crippen molar-refractivity contribution < 1.29 is 34.1 Å². The Morgan fingerprint density at radius 1 is 0.769 bits per heavy atom. The molecule has 39 heavy (non-hydrogen) atoms. The molecule has 0 saturated carbocycles. The van der Waals surface area contributed by atoms with Crippen LogP contribution in [0.25, 0.3) is 0 Å². The molecular formula is C18H14MoN8O4S8. The summed E-state index contributed by atoms with van der Waals surface area (Å²) in [7, 11) is 0. The number of thiocarbonyl (C=S) groups is 4. The van der Waals surface area contributed by atoms with E-state index < -0.39 is 18.5 Å². The van der Waals surface area contributed by atoms with E-state index in [0.717, 1.165) is 0 Å². The summed E-state index contributed by atoms with van der Waals surface area (Å²) in [6, 6.07) is 7.67. The van der Waals surface area contributed by atoms with Crippen LogP contribution in [0.3, 0.4) is 0 Å². The normalized spacial score (nSPS) is 9.49. The van der Waals surface area contributed by atoms with E-state index in [2.05, 4.69) is 45.2 Å². The van der Waals surface area contributed by atoms with Gasteiger partial charge in [0.15, 0.2) is 8.64 Å². The van der Waals surface area contributed by atoms with Gasteiger partial charge in [-0.25, -0.2) is 30.0 Å². The van der Waals surface area contributed by atoms with Crippen LogP contribution >= 0.6 is 74.1 Å². The van der Waals surface area contributed by atoms with Crippen LogP contribution in [0.1, 0.15) is 0 Å². The number of rotatable bonds is 4. The SMILES string of the molecule is S=C(S)N(c1ccc[nH]1)N(C(=S)[S-])c1ncco1.S=C(S)N(c1ccc[nH]1)N(C(=S)[S-])c1ncco1.[O]=[Mo+2]=[O]. The summed E-state index contributed by atoms with van der Waals surface area (Å²) >= 11 is 36.6. The summed E-state index contributed by atoms with van der Waals surface area (Å²) in [5, 5.41) is 5.76. The first kappa shape index (κ1) is 33.2. The van der Waals surface area contributed by atoms with Crippen LogP contribution in [0.5, 0.6) is 0 Å². The number of anilines is 4. The second kappa shape index (κ2) is 16.9. The molecule has 4 aromatic heterocycles. The zero-order valence-electron chi connectivity index (χ0n) is 18.8. The minimum atomic E-state index is -2.03. The van der Waals surface area contributed by atoms with E-state index in [9.17, 15) is 0 Å². The molecule has 4 aromatic rings. The molecule has 0 spiro atoms. The minimum absolute atomic E-state index is 0.114. The third kappa shape index (κ3) is 9.54. The third-order valence-corrected chi connectivity index (χ3v) is 5.35. The molecule has 0 fully saturated rings. The number of thiol groups is 2. The zero-order valence-corrected chi connectivity index (χ0v) is 27.5. The maximum atomic E-state index is 8.50. The Labute approximate surface area is 273 Å². The maximum absolute atomic E-state index is 8.50. The van der Waals surface area contributed by atoms with E-state index in [1.54, 1.807) is 24.5 Å². The van der Waals surface area contributed by atoms with Gasteiger partial charge in [0.25, 0.3) is 0 Å². The van der Waals surface area contributed by atoms with Gasteiger partial charge in [0.1, 0.15) is 24.2 Å². The van der Waals surface area contributed by atoms with E-state index in [1.807, 2.05) is 12.1 Å². The van der Waals surface area contributed by atoms with Crippen molar-refractivity contribution in [2.45, 2.75) is 0 Å². The predicted molar refractivity (Wildman–Crippen MR) is 169 cm³/mol. The van der Waals surface area contributed by atoms with Crippen LogP contribution in [0.15, 0.2) is 70.4 Å². The molecule has 0 aliphatic heterocycles. The second-order valence-corrected chi connectivity index (χ2v) is 10.8. The van der Waals surface area contributed by atoms with E-state index in [1.165, 1.54) is 45.0 Å². The quantitative estimate of drug-likeness (QED) is 0.0775. The molecule has 0 amide bonds. The van der Waals surface area contributed by atoms with Gasteiger partial charge in [0.05, 0.1) is 12.4 Å². The van der Waals surface area contributed by atoms with Crippen molar-refractivity contribution >= 4 is 140 Å². The monoisotopic (exact) mass is 760 g/mol. The Kier molecular flexibility index (Phi) is 14.4. The molecule has 0 unspecified atom stereocenters. The molecule has 0 aliphatic rings. The summed E-state index contributed by atoms with van der Waals surface area (Å²) in [5.41, 5.74) is 0. The summed E-state index contributed by atoms with van der Waals surface area (Å²) in [6.45, 7) is 0. The van der Waals surface area contributed by atoms with Crippen molar-refractivity contribution in [2.24, 2.45) is 0 Å². The molecule has 0 radical (unpaired) electrons.